The summed E-state index contributed by atoms with van der Waals surface area (Å²) in [7, 11) is 0. The fourth-order valence-electron chi connectivity index (χ4n) is 25.9. The lowest BCUT2D eigenvalue weighted by Crippen LogP contribution is -2.26. The lowest BCUT2D eigenvalue weighted by molar-refractivity contribution is 0.926. The van der Waals surface area contributed by atoms with Crippen LogP contribution in [0.25, 0.3) is 55.6 Å². The third kappa shape index (κ3) is 11.8. The van der Waals surface area contributed by atoms with Crippen molar-refractivity contribution in [2.45, 2.75) is 96.3 Å². The minimum absolute atomic E-state index is 0.807. The molecule has 0 amide bonds. The Bertz CT molecular complexity index is 7710. The number of nitrogens with zero attached hydrogens (tertiary/aromatic N) is 15. The van der Waals surface area contributed by atoms with Crippen LogP contribution in [0.15, 0.2) is 335 Å². The highest BCUT2D eigenvalue weighted by Gasteiger charge is 2.42. The first-order valence-corrected chi connectivity index (χ1v) is 49.0. The molecule has 0 bridgehead atoms. The molecule has 0 radical (unpaired) electrons. The first-order valence-electron chi connectivity index (χ1n) is 49.0. The second kappa shape index (κ2) is 30.1. The molecule has 35 rings (SSSR count). The molecule has 0 spiro atoms. The predicted molar refractivity (Wildman–Crippen MR) is 553 cm³/mol. The number of rotatable bonds is 0. The minimum atomic E-state index is 0.807. The van der Waals surface area contributed by atoms with Gasteiger partial charge in [0.1, 0.15) is 0 Å². The molecule has 0 atom stereocenters. The van der Waals surface area contributed by atoms with E-state index in [1.807, 2.05) is 105 Å². The molecule has 15 aliphatic rings. The number of hydrogen-bond acceptors (Lipinski definition) is 15. The van der Waals surface area contributed by atoms with Gasteiger partial charge in [0.25, 0.3) is 0 Å². The number of anilines is 15. The molecule has 5 aliphatic carbocycles. The Kier molecular flexibility index (Phi) is 16.8. The van der Waals surface area contributed by atoms with E-state index in [0.29, 0.717) is 0 Å². The lowest BCUT2D eigenvalue weighted by Gasteiger charge is -2.39. The fraction of sp³-hybridized carbons (Fsp3) is 0.120. The van der Waals surface area contributed by atoms with Gasteiger partial charge < -0.3 is 24.5 Å². The number of fused-ring (bicyclic) bond motifs is 35. The summed E-state index contributed by atoms with van der Waals surface area (Å²) < 4.78 is 0. The Morgan fingerprint density at radius 3 is 0.764 bits per heavy atom. The van der Waals surface area contributed by atoms with Gasteiger partial charge in [-0.2, -0.15) is 0 Å². The van der Waals surface area contributed by atoms with Crippen molar-refractivity contribution >= 4 is 85.3 Å². The van der Waals surface area contributed by atoms with E-state index in [4.69, 9.17) is 15.0 Å². The summed E-state index contributed by atoms with van der Waals surface area (Å²) in [6.45, 7) is 0. The quantitative estimate of drug-likeness (QED) is 0.142. The van der Waals surface area contributed by atoms with Crippen LogP contribution in [0.1, 0.15) is 168 Å². The van der Waals surface area contributed by atoms with Crippen LogP contribution in [-0.2, 0) is 96.3 Å². The Morgan fingerprint density at radius 2 is 0.386 bits per heavy atom. The average Bonchev–Trinajstić information content (AvgIpc) is 1.19. The summed E-state index contributed by atoms with van der Waals surface area (Å²) in [6.07, 6.45) is 41.5. The SMILES string of the molecule is c1ccc2c(c1)Cc1cc3c(cc1-2)Cc1ccnc2c1N3c1cccnc1C2.c1ccc2c(c1)Cc1cc3c(cc1-2)Cc1ccnc2c1N3c1ccncc1C2.c1ccc2c(c1)Cc1cc3c(cc1-2)Cc1cncc2c1N3c1cccnc1C2.c1ccc2c(c1)Cc1cc3c(cc1-2)Cc1cncc2c1N3c1ccncc1C2.c1ccc2c(c1)Cc1cc3c(cc1-2)Cc1nccc2c1N3c1cccnc1C2. The summed E-state index contributed by atoms with van der Waals surface area (Å²) >= 11 is 0. The Balaban J connectivity index is 0.0000000806. The normalized spacial score (nSPS) is 14.6. The first kappa shape index (κ1) is 77.9. The number of benzene rings is 10. The molecule has 15 heteroatoms. The van der Waals surface area contributed by atoms with Gasteiger partial charge in [-0.05, 0) is 338 Å². The minimum Gasteiger partial charge on any atom is -0.309 e. The maximum absolute atomic E-state index is 4.76. The van der Waals surface area contributed by atoms with E-state index in [1.54, 1.807) is 0 Å². The summed E-state index contributed by atoms with van der Waals surface area (Å²) in [4.78, 5) is 58.2. The van der Waals surface area contributed by atoms with E-state index in [0.717, 1.165) is 125 Å². The van der Waals surface area contributed by atoms with Gasteiger partial charge in [-0.1, -0.05) is 121 Å². The maximum atomic E-state index is 4.76. The van der Waals surface area contributed by atoms with Gasteiger partial charge in [0.05, 0.1) is 119 Å². The zero-order valence-electron chi connectivity index (χ0n) is 76.6. The molecule has 0 saturated heterocycles. The fourth-order valence-corrected chi connectivity index (χ4v) is 25.9. The van der Waals surface area contributed by atoms with Gasteiger partial charge in [-0.3, -0.25) is 49.8 Å². The van der Waals surface area contributed by atoms with Crippen LogP contribution in [0.3, 0.4) is 0 Å². The maximum Gasteiger partial charge on any atom is 0.0717 e. The summed E-state index contributed by atoms with van der Waals surface area (Å²) in [6, 6.07) is 91.7. The lowest BCUT2D eigenvalue weighted by atomic mass is 9.87. The third-order valence-corrected chi connectivity index (χ3v) is 31.9. The van der Waals surface area contributed by atoms with Crippen molar-refractivity contribution in [2.24, 2.45) is 0 Å². The molecule has 10 aliphatic heterocycles. The van der Waals surface area contributed by atoms with E-state index in [1.165, 1.54) is 280 Å². The van der Waals surface area contributed by atoms with Crippen LogP contribution in [0.5, 0.6) is 0 Å². The molecule has 0 fully saturated rings. The highest BCUT2D eigenvalue weighted by atomic mass is 15.2. The molecule has 10 aromatic heterocycles. The van der Waals surface area contributed by atoms with E-state index in [9.17, 15) is 0 Å². The molecular formula is C125H85N15. The molecule has 10 aromatic carbocycles. The predicted octanol–water partition coefficient (Wildman–Crippen LogP) is 26.6. The van der Waals surface area contributed by atoms with Gasteiger partial charge in [0, 0.05) is 162 Å². The van der Waals surface area contributed by atoms with Crippen LogP contribution in [-0.4, -0.2) is 49.8 Å². The first-order chi connectivity index (χ1) is 69.3. The number of aromatic nitrogens is 10. The van der Waals surface area contributed by atoms with Crippen molar-refractivity contribution in [2.75, 3.05) is 24.5 Å². The molecular weight excluding hydrogens is 1710 g/mol. The molecule has 140 heavy (non-hydrogen) atoms. The molecule has 15 nitrogen and oxygen atoms in total. The van der Waals surface area contributed by atoms with E-state index in [2.05, 4.69) is 290 Å². The van der Waals surface area contributed by atoms with Crippen molar-refractivity contribution in [1.82, 2.24) is 49.8 Å². The van der Waals surface area contributed by atoms with Crippen LogP contribution < -0.4 is 24.5 Å². The molecule has 660 valence electrons. The number of hydrogen-bond donors (Lipinski definition) is 0. The third-order valence-electron chi connectivity index (χ3n) is 31.9. The van der Waals surface area contributed by atoms with Crippen LogP contribution in [0.2, 0.25) is 0 Å². The second-order valence-corrected chi connectivity index (χ2v) is 39.6. The average molecular weight is 1800 g/mol. The highest BCUT2D eigenvalue weighted by molar-refractivity contribution is 5.99. The van der Waals surface area contributed by atoms with Crippen molar-refractivity contribution in [1.29, 1.82) is 0 Å². The van der Waals surface area contributed by atoms with Gasteiger partial charge >= 0.3 is 0 Å². The summed E-state index contributed by atoms with van der Waals surface area (Å²) in [5.41, 5.74) is 72.8. The van der Waals surface area contributed by atoms with Crippen molar-refractivity contribution in [3.05, 3.63) is 503 Å². The summed E-state index contributed by atoms with van der Waals surface area (Å²) in [5, 5.41) is 0. The molecule has 0 N–H and O–H groups in total. The monoisotopic (exact) mass is 1800 g/mol. The molecule has 0 saturated carbocycles. The standard InChI is InChI=1S/5C25H17N3/c1-2-5-19-15(4-1)10-17-14-24-18(11-20(17)19)13-22-25-16(7-9-27-22)12-21-23(28(24)25)6-3-8-26-21;1-2-5-19-15(4-1)10-17-13-24-18(12-20(17)19)11-16-7-9-27-22-14-21-23(6-3-8-26-21)28(24)25(16)22;1-2-5-20-15(4-1)8-16-12-24-17(10-21(16)20)9-18-13-26-14-19-11-22-23(6-3-7-27-22)28(24)25(18)19;1-2-4-20-15(3-1)9-17-13-24-18(11-21(17)20)10-16-5-8-27-22-12-19-14-26-7-6-23(19)28(24)25(16)22;1-2-4-21-15(3-1)7-16-11-24-17(10-22(16)21)8-19-13-27-14-20-9-18-12-26-6-5-23(18)28(24)25(19)20/h1-9,11,14H,10,12-13H2;1-9,12-13H,10-11,14H2;1-7,10,12-14H,8-9,11H2;1-8,11,13-14H,9-10,12H2;1-6,10-14H,7-9H2. The van der Waals surface area contributed by atoms with Gasteiger partial charge in [-0.15, -0.1) is 0 Å². The van der Waals surface area contributed by atoms with Gasteiger partial charge in [-0.25, -0.2) is 0 Å². The van der Waals surface area contributed by atoms with Gasteiger partial charge in [0.15, 0.2) is 0 Å². The summed E-state index contributed by atoms with van der Waals surface area (Å²) in [5.74, 6) is 0. The topological polar surface area (TPSA) is 145 Å². The van der Waals surface area contributed by atoms with Gasteiger partial charge in [0.2, 0.25) is 0 Å². The zero-order valence-corrected chi connectivity index (χ0v) is 76.6. The van der Waals surface area contributed by atoms with Crippen molar-refractivity contribution in [3.63, 3.8) is 0 Å². The van der Waals surface area contributed by atoms with Crippen LogP contribution in [0, 0.1) is 0 Å². The molecule has 20 heterocycles. The van der Waals surface area contributed by atoms with Crippen molar-refractivity contribution < 1.29 is 0 Å². The Hall–Kier alpha value is -17.3. The Morgan fingerprint density at radius 1 is 0.136 bits per heavy atom. The highest BCUT2D eigenvalue weighted by Crippen LogP contribution is 2.60. The van der Waals surface area contributed by atoms with E-state index in [-0.39, 0.29) is 0 Å². The largest absolute Gasteiger partial charge is 0.309 e. The van der Waals surface area contributed by atoms with Crippen LogP contribution in [0.4, 0.5) is 85.3 Å². The van der Waals surface area contributed by atoms with E-state index >= 15 is 0 Å². The molecule has 20 aromatic rings. The second-order valence-electron chi connectivity index (χ2n) is 39.6. The number of pyridine rings is 10. The smallest absolute Gasteiger partial charge is 0.0717 e. The molecule has 0 unspecified atom stereocenters. The van der Waals surface area contributed by atoms with Crippen LogP contribution >= 0.6 is 0 Å². The zero-order chi connectivity index (χ0) is 91.2. The van der Waals surface area contributed by atoms with E-state index < -0.39 is 0 Å². The van der Waals surface area contributed by atoms with Crippen molar-refractivity contribution in [3.8, 4) is 55.6 Å². The Labute approximate surface area is 809 Å².